The van der Waals surface area contributed by atoms with Crippen molar-refractivity contribution in [3.05, 3.63) is 157 Å². The lowest BCUT2D eigenvalue weighted by molar-refractivity contribution is 0.487. The van der Waals surface area contributed by atoms with E-state index >= 15 is 0 Å². The van der Waals surface area contributed by atoms with Crippen molar-refractivity contribution in [1.82, 2.24) is 0 Å². The van der Waals surface area contributed by atoms with Crippen LogP contribution in [0, 0.1) is 0 Å². The van der Waals surface area contributed by atoms with Gasteiger partial charge in [0.15, 0.2) is 0 Å². The van der Waals surface area contributed by atoms with Gasteiger partial charge in [-0.1, -0.05) is 151 Å². The molecular formula is C54H42O2. The van der Waals surface area contributed by atoms with E-state index in [4.69, 9.17) is 9.47 Å². The highest BCUT2D eigenvalue weighted by molar-refractivity contribution is 6.14. The largest absolute Gasteiger partial charge is 0.456 e. The predicted octanol–water partition coefficient (Wildman–Crippen LogP) is 15.8. The van der Waals surface area contributed by atoms with Gasteiger partial charge in [0, 0.05) is 21.9 Å². The van der Waals surface area contributed by atoms with Crippen molar-refractivity contribution in [3.8, 4) is 67.5 Å². The number of hydrogen-bond acceptors (Lipinski definition) is 2. The molecule has 9 aromatic carbocycles. The Kier molecular flexibility index (Phi) is 6.82. The minimum Gasteiger partial charge on any atom is -0.456 e. The molecule has 0 unspecified atom stereocenters. The van der Waals surface area contributed by atoms with Crippen LogP contribution < -0.4 is 9.47 Å². The first kappa shape index (κ1) is 33.0. The fraction of sp³-hybridized carbons (Fsp3) is 0.148. The van der Waals surface area contributed by atoms with Crippen LogP contribution in [0.3, 0.4) is 0 Å². The summed E-state index contributed by atoms with van der Waals surface area (Å²) in [4.78, 5) is 0. The number of rotatable bonds is 2. The van der Waals surface area contributed by atoms with Crippen LogP contribution in [0.15, 0.2) is 146 Å². The first-order valence-electron chi connectivity index (χ1n) is 19.8. The minimum absolute atomic E-state index is 0.116. The maximum atomic E-state index is 6.47. The molecule has 0 bridgehead atoms. The van der Waals surface area contributed by atoms with Crippen LogP contribution in [0.1, 0.15) is 52.7 Å². The molecule has 270 valence electrons. The Bertz CT molecular complexity index is 2990. The number of ether oxygens (including phenoxy) is 2. The van der Waals surface area contributed by atoms with Crippen molar-refractivity contribution in [2.75, 3.05) is 0 Å². The van der Waals surface area contributed by atoms with Crippen molar-refractivity contribution in [3.63, 3.8) is 0 Å². The van der Waals surface area contributed by atoms with Crippen LogP contribution in [0.5, 0.6) is 23.0 Å². The van der Waals surface area contributed by atoms with E-state index in [-0.39, 0.29) is 10.8 Å². The van der Waals surface area contributed by atoms with Crippen molar-refractivity contribution in [2.45, 2.75) is 52.4 Å². The van der Waals surface area contributed by atoms with Gasteiger partial charge < -0.3 is 9.47 Å². The Hall–Kier alpha value is -6.38. The predicted molar refractivity (Wildman–Crippen MR) is 236 cm³/mol. The van der Waals surface area contributed by atoms with Gasteiger partial charge >= 0.3 is 0 Å². The van der Waals surface area contributed by atoms with E-state index in [1.54, 1.807) is 0 Å². The molecule has 0 amide bonds. The lowest BCUT2D eigenvalue weighted by atomic mass is 9.73. The number of fused-ring (bicyclic) bond motifs is 6. The highest BCUT2D eigenvalue weighted by Gasteiger charge is 2.29. The molecule has 0 N–H and O–H groups in total. The van der Waals surface area contributed by atoms with Gasteiger partial charge in [0.05, 0.1) is 0 Å². The van der Waals surface area contributed by atoms with E-state index in [1.807, 2.05) is 12.1 Å². The molecule has 0 aromatic heterocycles. The third kappa shape index (κ3) is 4.75. The van der Waals surface area contributed by atoms with Crippen LogP contribution in [0.4, 0.5) is 0 Å². The fourth-order valence-corrected chi connectivity index (χ4v) is 9.84. The Morgan fingerprint density at radius 2 is 0.714 bits per heavy atom. The van der Waals surface area contributed by atoms with E-state index in [0.29, 0.717) is 0 Å². The molecule has 2 heterocycles. The highest BCUT2D eigenvalue weighted by atomic mass is 16.5. The van der Waals surface area contributed by atoms with Crippen LogP contribution in [0.25, 0.3) is 87.6 Å². The minimum atomic E-state index is -0.116. The summed E-state index contributed by atoms with van der Waals surface area (Å²) in [5.41, 5.74) is 12.1. The van der Waals surface area contributed by atoms with Crippen LogP contribution in [-0.4, -0.2) is 0 Å². The first-order valence-corrected chi connectivity index (χ1v) is 19.8. The molecule has 0 aliphatic carbocycles. The van der Waals surface area contributed by atoms with E-state index in [0.717, 1.165) is 34.1 Å². The third-order valence-electron chi connectivity index (χ3n) is 12.0. The molecular weight excluding hydrogens is 681 g/mol. The average Bonchev–Trinajstić information content (AvgIpc) is 3.19. The smallest absolute Gasteiger partial charge is 0.135 e. The van der Waals surface area contributed by atoms with Crippen molar-refractivity contribution in [2.24, 2.45) is 0 Å². The average molecular weight is 723 g/mol. The molecule has 2 aliphatic heterocycles. The highest BCUT2D eigenvalue weighted by Crippen LogP contribution is 2.52. The molecule has 56 heavy (non-hydrogen) atoms. The van der Waals surface area contributed by atoms with E-state index < -0.39 is 0 Å². The van der Waals surface area contributed by atoms with Gasteiger partial charge in [-0.25, -0.2) is 0 Å². The quantitative estimate of drug-likeness (QED) is 0.165. The number of para-hydroxylation sites is 2. The van der Waals surface area contributed by atoms with Crippen molar-refractivity contribution < 1.29 is 9.47 Å². The van der Waals surface area contributed by atoms with Crippen LogP contribution in [-0.2, 0) is 10.8 Å². The Balaban J connectivity index is 1.15. The van der Waals surface area contributed by atoms with Crippen LogP contribution >= 0.6 is 0 Å². The molecule has 2 nitrogen and oxygen atoms in total. The Labute approximate surface area is 328 Å². The summed E-state index contributed by atoms with van der Waals surface area (Å²) in [6.45, 7) is 14.2. The summed E-state index contributed by atoms with van der Waals surface area (Å²) in [6, 6.07) is 53.2. The fourth-order valence-electron chi connectivity index (χ4n) is 9.84. The second-order valence-electron chi connectivity index (χ2n) is 17.6. The molecule has 0 fully saturated rings. The van der Waals surface area contributed by atoms with E-state index in [2.05, 4.69) is 175 Å². The molecule has 11 rings (SSSR count). The molecule has 2 heteroatoms. The second kappa shape index (κ2) is 11.6. The lowest BCUT2D eigenvalue weighted by Crippen LogP contribution is -2.17. The molecule has 0 spiro atoms. The Morgan fingerprint density at radius 1 is 0.304 bits per heavy atom. The summed E-state index contributed by atoms with van der Waals surface area (Å²) in [7, 11) is 0. The van der Waals surface area contributed by atoms with Crippen molar-refractivity contribution >= 4 is 43.1 Å². The molecule has 9 aromatic rings. The molecule has 2 aliphatic rings. The van der Waals surface area contributed by atoms with Crippen LogP contribution in [0.2, 0.25) is 0 Å². The second-order valence-corrected chi connectivity index (χ2v) is 17.6. The SMILES string of the molecule is CC(C)(C)c1c2ccc(-c3ccc4c5c(cccc35)Oc3ccccc3-4)cc2c(C(C)(C)C)c2ccc(-c3ccc4c5c(cccc35)-c3ccccc3O4)cc12. The van der Waals surface area contributed by atoms with Gasteiger partial charge in [0.25, 0.3) is 0 Å². The van der Waals surface area contributed by atoms with Crippen molar-refractivity contribution in [1.29, 1.82) is 0 Å². The number of benzene rings is 9. The van der Waals surface area contributed by atoms with Gasteiger partial charge in [0.1, 0.15) is 23.0 Å². The van der Waals surface area contributed by atoms with Gasteiger partial charge in [-0.05, 0) is 124 Å². The summed E-state index contributed by atoms with van der Waals surface area (Å²) >= 11 is 0. The molecule has 0 saturated carbocycles. The summed E-state index contributed by atoms with van der Waals surface area (Å²) in [5.74, 6) is 3.65. The van der Waals surface area contributed by atoms with Gasteiger partial charge in [-0.3, -0.25) is 0 Å². The lowest BCUT2D eigenvalue weighted by Gasteiger charge is -2.31. The zero-order chi connectivity index (χ0) is 38.1. The topological polar surface area (TPSA) is 18.5 Å². The van der Waals surface area contributed by atoms with E-state index in [9.17, 15) is 0 Å². The summed E-state index contributed by atoms with van der Waals surface area (Å²) in [6.07, 6.45) is 0. The molecule has 0 atom stereocenters. The third-order valence-corrected chi connectivity index (χ3v) is 12.0. The zero-order valence-corrected chi connectivity index (χ0v) is 32.7. The monoisotopic (exact) mass is 722 g/mol. The molecule has 0 radical (unpaired) electrons. The summed E-state index contributed by atoms with van der Waals surface area (Å²) < 4.78 is 12.9. The normalized spacial score (nSPS) is 13.1. The molecule has 0 saturated heterocycles. The summed E-state index contributed by atoms with van der Waals surface area (Å²) in [5, 5.41) is 10.0. The maximum Gasteiger partial charge on any atom is 0.135 e. The zero-order valence-electron chi connectivity index (χ0n) is 32.7. The van der Waals surface area contributed by atoms with Gasteiger partial charge in [-0.2, -0.15) is 0 Å². The van der Waals surface area contributed by atoms with Gasteiger partial charge in [-0.15, -0.1) is 0 Å². The maximum absolute atomic E-state index is 6.47. The van der Waals surface area contributed by atoms with E-state index in [1.165, 1.54) is 87.6 Å². The Morgan fingerprint density at radius 3 is 1.25 bits per heavy atom. The van der Waals surface area contributed by atoms with Gasteiger partial charge in [0.2, 0.25) is 0 Å². The number of hydrogen-bond donors (Lipinski definition) is 0. The first-order chi connectivity index (χ1) is 27.0. The standard InChI is InChI=1S/C54H42O2/c1-53(2,3)51-42-24-22-32(34-27-28-48-49-37(34)15-11-16-39(49)35-13-7-9-18-45(35)56-48)30-44(42)52(54(4,5)6)41-23-21-31(29-43(41)51)33-25-26-40-36-14-8-10-19-46(36)55-47-20-12-17-38(33)50(40)47/h7-30H,1-6H3.